The molecule has 0 fully saturated rings. The third-order valence-corrected chi connectivity index (χ3v) is 4.13. The Balaban J connectivity index is 4.29. The molecular weight excluding hydrogens is 198 g/mol. The van der Waals surface area contributed by atoms with Crippen LogP contribution in [-0.2, 0) is 0 Å². The molecule has 0 spiro atoms. The molecule has 0 aromatic carbocycles. The van der Waals surface area contributed by atoms with Gasteiger partial charge >= 0.3 is 0 Å². The summed E-state index contributed by atoms with van der Waals surface area (Å²) in [6.45, 7) is 12.6. The maximum absolute atomic E-state index is 9.17. The lowest BCUT2D eigenvalue weighted by Crippen LogP contribution is -2.42. The van der Waals surface area contributed by atoms with Crippen molar-refractivity contribution in [2.45, 2.75) is 66.3 Å². The van der Waals surface area contributed by atoms with Gasteiger partial charge in [-0.05, 0) is 37.0 Å². The lowest BCUT2D eigenvalue weighted by atomic mass is 9.79. The van der Waals surface area contributed by atoms with E-state index in [0.717, 1.165) is 25.8 Å². The Morgan fingerprint density at radius 2 is 1.69 bits per heavy atom. The van der Waals surface area contributed by atoms with Gasteiger partial charge in [-0.15, -0.1) is 0 Å². The summed E-state index contributed by atoms with van der Waals surface area (Å²) in [5, 5.41) is 12.9. The Hall–Kier alpha value is -0.0800. The maximum atomic E-state index is 9.17. The van der Waals surface area contributed by atoms with Crippen LogP contribution >= 0.6 is 0 Å². The summed E-state index contributed by atoms with van der Waals surface area (Å²) in [5.74, 6) is 0.686. The van der Waals surface area contributed by atoms with E-state index < -0.39 is 0 Å². The van der Waals surface area contributed by atoms with E-state index in [4.69, 9.17) is 5.11 Å². The highest BCUT2D eigenvalue weighted by molar-refractivity contribution is 4.81. The van der Waals surface area contributed by atoms with Gasteiger partial charge in [0.05, 0.1) is 0 Å². The van der Waals surface area contributed by atoms with Crippen LogP contribution in [0.15, 0.2) is 0 Å². The summed E-state index contributed by atoms with van der Waals surface area (Å²) >= 11 is 0. The number of rotatable bonds is 9. The van der Waals surface area contributed by atoms with Gasteiger partial charge < -0.3 is 10.4 Å². The molecule has 0 aliphatic carbocycles. The second kappa shape index (κ2) is 8.08. The average molecular weight is 229 g/mol. The highest BCUT2D eigenvalue weighted by atomic mass is 16.3. The molecule has 0 rings (SSSR count). The molecule has 2 heteroatoms. The van der Waals surface area contributed by atoms with Crippen molar-refractivity contribution in [3.05, 3.63) is 0 Å². The average Bonchev–Trinajstić information content (AvgIpc) is 2.28. The summed E-state index contributed by atoms with van der Waals surface area (Å²) < 4.78 is 0. The lowest BCUT2D eigenvalue weighted by molar-refractivity contribution is 0.155. The fraction of sp³-hybridized carbons (Fsp3) is 1.00. The molecule has 0 saturated heterocycles. The molecule has 2 N–H and O–H groups in total. The van der Waals surface area contributed by atoms with Crippen LogP contribution in [0.25, 0.3) is 0 Å². The van der Waals surface area contributed by atoms with Gasteiger partial charge in [-0.25, -0.2) is 0 Å². The third-order valence-electron chi connectivity index (χ3n) is 4.13. The van der Waals surface area contributed by atoms with Crippen molar-refractivity contribution in [1.29, 1.82) is 0 Å². The number of aliphatic hydroxyl groups is 1. The summed E-state index contributed by atoms with van der Waals surface area (Å²) in [4.78, 5) is 0. The molecule has 1 atom stereocenters. The SMILES string of the molecule is CCC(NCC(CC)(CC)CCO)C(C)C. The monoisotopic (exact) mass is 229 g/mol. The predicted molar refractivity (Wildman–Crippen MR) is 71.6 cm³/mol. The van der Waals surface area contributed by atoms with E-state index in [1.807, 2.05) is 0 Å². The van der Waals surface area contributed by atoms with Crippen LogP contribution in [-0.4, -0.2) is 24.3 Å². The Labute approximate surface area is 102 Å². The normalized spacial score (nSPS) is 14.4. The highest BCUT2D eigenvalue weighted by Crippen LogP contribution is 2.29. The lowest BCUT2D eigenvalue weighted by Gasteiger charge is -2.34. The molecule has 0 aliphatic rings. The van der Waals surface area contributed by atoms with Crippen LogP contribution in [0.3, 0.4) is 0 Å². The molecular formula is C14H31NO. The topological polar surface area (TPSA) is 32.3 Å². The van der Waals surface area contributed by atoms with Crippen molar-refractivity contribution in [2.24, 2.45) is 11.3 Å². The van der Waals surface area contributed by atoms with Crippen LogP contribution in [0.4, 0.5) is 0 Å². The number of nitrogens with one attached hydrogen (secondary N) is 1. The first-order valence-electron chi connectivity index (χ1n) is 6.89. The van der Waals surface area contributed by atoms with E-state index in [1.165, 1.54) is 6.42 Å². The molecule has 98 valence electrons. The van der Waals surface area contributed by atoms with Gasteiger partial charge in [-0.2, -0.15) is 0 Å². The van der Waals surface area contributed by atoms with E-state index in [1.54, 1.807) is 0 Å². The fourth-order valence-electron chi connectivity index (χ4n) is 2.38. The van der Waals surface area contributed by atoms with Gasteiger partial charge in [0.15, 0.2) is 0 Å². The first kappa shape index (κ1) is 15.9. The number of hydrogen-bond acceptors (Lipinski definition) is 2. The molecule has 1 unspecified atom stereocenters. The van der Waals surface area contributed by atoms with Gasteiger partial charge in [0, 0.05) is 19.2 Å². The first-order valence-corrected chi connectivity index (χ1v) is 6.89. The van der Waals surface area contributed by atoms with E-state index >= 15 is 0 Å². The molecule has 0 radical (unpaired) electrons. The Morgan fingerprint density at radius 3 is 2.00 bits per heavy atom. The van der Waals surface area contributed by atoms with Crippen molar-refractivity contribution in [1.82, 2.24) is 5.32 Å². The summed E-state index contributed by atoms with van der Waals surface area (Å²) in [6, 6.07) is 0.608. The van der Waals surface area contributed by atoms with E-state index in [-0.39, 0.29) is 5.41 Å². The predicted octanol–water partition coefficient (Wildman–Crippen LogP) is 3.20. The fourth-order valence-corrected chi connectivity index (χ4v) is 2.38. The molecule has 0 aromatic rings. The van der Waals surface area contributed by atoms with Crippen LogP contribution in [0.1, 0.15) is 60.3 Å². The number of aliphatic hydroxyl groups excluding tert-OH is 1. The van der Waals surface area contributed by atoms with Gasteiger partial charge in [-0.1, -0.05) is 34.6 Å². The zero-order chi connectivity index (χ0) is 12.6. The Bertz CT molecular complexity index is 164. The van der Waals surface area contributed by atoms with Gasteiger partial charge in [0.25, 0.3) is 0 Å². The molecule has 0 aromatic heterocycles. The van der Waals surface area contributed by atoms with Crippen molar-refractivity contribution in [2.75, 3.05) is 13.2 Å². The standard InChI is InChI=1S/C14H31NO/c1-6-13(12(4)5)15-11-14(7-2,8-3)9-10-16/h12-13,15-16H,6-11H2,1-5H3. The molecule has 0 amide bonds. The van der Waals surface area contributed by atoms with Crippen LogP contribution in [0, 0.1) is 11.3 Å². The smallest absolute Gasteiger partial charge is 0.0436 e. The van der Waals surface area contributed by atoms with Crippen molar-refractivity contribution >= 4 is 0 Å². The van der Waals surface area contributed by atoms with Crippen molar-refractivity contribution < 1.29 is 5.11 Å². The summed E-state index contributed by atoms with van der Waals surface area (Å²) in [7, 11) is 0. The van der Waals surface area contributed by atoms with Crippen molar-refractivity contribution in [3.8, 4) is 0 Å². The molecule has 16 heavy (non-hydrogen) atoms. The third kappa shape index (κ3) is 4.84. The molecule has 2 nitrogen and oxygen atoms in total. The molecule has 0 aliphatic heterocycles. The van der Waals surface area contributed by atoms with E-state index in [2.05, 4.69) is 39.9 Å². The van der Waals surface area contributed by atoms with E-state index in [9.17, 15) is 0 Å². The number of hydrogen-bond donors (Lipinski definition) is 2. The minimum Gasteiger partial charge on any atom is -0.396 e. The molecule has 0 heterocycles. The van der Waals surface area contributed by atoms with Crippen LogP contribution in [0.2, 0.25) is 0 Å². The van der Waals surface area contributed by atoms with Gasteiger partial charge in [-0.3, -0.25) is 0 Å². The molecule has 0 bridgehead atoms. The largest absolute Gasteiger partial charge is 0.396 e. The Kier molecular flexibility index (Phi) is 8.04. The maximum Gasteiger partial charge on any atom is 0.0436 e. The highest BCUT2D eigenvalue weighted by Gasteiger charge is 2.26. The van der Waals surface area contributed by atoms with Crippen molar-refractivity contribution in [3.63, 3.8) is 0 Å². The van der Waals surface area contributed by atoms with Gasteiger partial charge in [0.1, 0.15) is 0 Å². The first-order chi connectivity index (χ1) is 7.55. The molecule has 0 saturated carbocycles. The zero-order valence-electron chi connectivity index (χ0n) is 11.8. The summed E-state index contributed by atoms with van der Waals surface area (Å²) in [5.41, 5.74) is 0.289. The Morgan fingerprint density at radius 1 is 1.12 bits per heavy atom. The van der Waals surface area contributed by atoms with Crippen LogP contribution < -0.4 is 5.32 Å². The zero-order valence-corrected chi connectivity index (χ0v) is 11.8. The second-order valence-electron chi connectivity index (χ2n) is 5.32. The second-order valence-corrected chi connectivity index (χ2v) is 5.32. The van der Waals surface area contributed by atoms with Gasteiger partial charge in [0.2, 0.25) is 0 Å². The minimum atomic E-state index is 0.289. The van der Waals surface area contributed by atoms with Crippen LogP contribution in [0.5, 0.6) is 0 Å². The summed E-state index contributed by atoms with van der Waals surface area (Å²) in [6.07, 6.45) is 4.39. The minimum absolute atomic E-state index is 0.289. The quantitative estimate of drug-likeness (QED) is 0.636. The van der Waals surface area contributed by atoms with E-state index in [0.29, 0.717) is 18.6 Å².